The standard InChI is InChI=1S/C8H18N2O2/c1-7-6-12-8(4-9)5-10(7)2-3-11/h7-8,11H,2-6,9H2,1H3. The van der Waals surface area contributed by atoms with E-state index in [1.54, 1.807) is 0 Å². The van der Waals surface area contributed by atoms with Crippen molar-refractivity contribution in [1.82, 2.24) is 4.90 Å². The molecule has 1 aliphatic rings. The average molecular weight is 174 g/mol. The summed E-state index contributed by atoms with van der Waals surface area (Å²) in [5.74, 6) is 0. The first-order valence-corrected chi connectivity index (χ1v) is 4.44. The van der Waals surface area contributed by atoms with Crippen molar-refractivity contribution >= 4 is 0 Å². The van der Waals surface area contributed by atoms with Crippen LogP contribution in [0.15, 0.2) is 0 Å². The van der Waals surface area contributed by atoms with Crippen molar-refractivity contribution in [3.8, 4) is 0 Å². The zero-order valence-corrected chi connectivity index (χ0v) is 7.57. The molecule has 0 bridgehead atoms. The molecule has 0 radical (unpaired) electrons. The summed E-state index contributed by atoms with van der Waals surface area (Å²) >= 11 is 0. The predicted molar refractivity (Wildman–Crippen MR) is 46.9 cm³/mol. The Morgan fingerprint density at radius 2 is 2.42 bits per heavy atom. The third-order valence-electron chi connectivity index (χ3n) is 2.28. The van der Waals surface area contributed by atoms with E-state index in [4.69, 9.17) is 15.6 Å². The Hall–Kier alpha value is -0.160. The molecule has 4 nitrogen and oxygen atoms in total. The van der Waals surface area contributed by atoms with Gasteiger partial charge in [0.1, 0.15) is 0 Å². The van der Waals surface area contributed by atoms with Crippen LogP contribution in [0, 0.1) is 0 Å². The van der Waals surface area contributed by atoms with Crippen LogP contribution in [0.25, 0.3) is 0 Å². The highest BCUT2D eigenvalue weighted by Crippen LogP contribution is 2.09. The van der Waals surface area contributed by atoms with Gasteiger partial charge < -0.3 is 15.6 Å². The largest absolute Gasteiger partial charge is 0.395 e. The molecule has 1 rings (SSSR count). The van der Waals surface area contributed by atoms with Gasteiger partial charge in [-0.2, -0.15) is 0 Å². The van der Waals surface area contributed by atoms with Crippen molar-refractivity contribution < 1.29 is 9.84 Å². The Balaban J connectivity index is 2.36. The molecule has 1 aliphatic heterocycles. The van der Waals surface area contributed by atoms with E-state index >= 15 is 0 Å². The number of hydrogen-bond donors (Lipinski definition) is 2. The van der Waals surface area contributed by atoms with E-state index in [0.717, 1.165) is 19.7 Å². The lowest BCUT2D eigenvalue weighted by atomic mass is 10.2. The summed E-state index contributed by atoms with van der Waals surface area (Å²) in [7, 11) is 0. The zero-order chi connectivity index (χ0) is 8.97. The minimum atomic E-state index is 0.146. The molecule has 1 heterocycles. The minimum Gasteiger partial charge on any atom is -0.395 e. The number of morpholine rings is 1. The second-order valence-electron chi connectivity index (χ2n) is 3.26. The van der Waals surface area contributed by atoms with E-state index in [2.05, 4.69) is 11.8 Å². The zero-order valence-electron chi connectivity index (χ0n) is 7.57. The molecule has 0 amide bonds. The molecule has 0 spiro atoms. The number of hydrogen-bond acceptors (Lipinski definition) is 4. The first kappa shape index (κ1) is 9.92. The lowest BCUT2D eigenvalue weighted by molar-refractivity contribution is -0.0571. The van der Waals surface area contributed by atoms with Gasteiger partial charge in [-0.25, -0.2) is 0 Å². The number of nitrogens with zero attached hydrogens (tertiary/aromatic N) is 1. The number of aliphatic hydroxyl groups excluding tert-OH is 1. The highest BCUT2D eigenvalue weighted by molar-refractivity contribution is 4.77. The molecule has 3 N–H and O–H groups in total. The van der Waals surface area contributed by atoms with Crippen molar-refractivity contribution in [3.63, 3.8) is 0 Å². The van der Waals surface area contributed by atoms with Gasteiger partial charge in [0, 0.05) is 25.7 Å². The molecule has 2 unspecified atom stereocenters. The molecule has 1 fully saturated rings. The summed E-state index contributed by atoms with van der Waals surface area (Å²) in [5.41, 5.74) is 5.49. The fraction of sp³-hybridized carbons (Fsp3) is 1.00. The predicted octanol–water partition coefficient (Wildman–Crippen LogP) is -0.973. The normalized spacial score (nSPS) is 32.2. The Morgan fingerprint density at radius 3 is 3.00 bits per heavy atom. The van der Waals surface area contributed by atoms with Crippen LogP contribution in [0.3, 0.4) is 0 Å². The van der Waals surface area contributed by atoms with Crippen molar-refractivity contribution in [1.29, 1.82) is 0 Å². The first-order chi connectivity index (χ1) is 5.77. The molecular formula is C8H18N2O2. The Kier molecular flexibility index (Phi) is 3.94. The maximum atomic E-state index is 8.78. The van der Waals surface area contributed by atoms with Gasteiger partial charge in [0.2, 0.25) is 0 Å². The number of nitrogens with two attached hydrogens (primary N) is 1. The van der Waals surface area contributed by atoms with E-state index in [9.17, 15) is 0 Å². The van der Waals surface area contributed by atoms with Crippen LogP contribution in [0.4, 0.5) is 0 Å². The highest BCUT2D eigenvalue weighted by Gasteiger charge is 2.24. The maximum absolute atomic E-state index is 8.78. The molecule has 2 atom stereocenters. The molecule has 0 aromatic rings. The van der Waals surface area contributed by atoms with Gasteiger partial charge >= 0.3 is 0 Å². The lowest BCUT2D eigenvalue weighted by Gasteiger charge is -2.37. The maximum Gasteiger partial charge on any atom is 0.0824 e. The van der Waals surface area contributed by atoms with E-state index in [1.165, 1.54) is 0 Å². The summed E-state index contributed by atoms with van der Waals surface area (Å²) < 4.78 is 5.47. The van der Waals surface area contributed by atoms with Crippen LogP contribution in [-0.2, 0) is 4.74 Å². The SMILES string of the molecule is CC1COC(CN)CN1CCO. The highest BCUT2D eigenvalue weighted by atomic mass is 16.5. The number of aliphatic hydroxyl groups is 1. The summed E-state index contributed by atoms with van der Waals surface area (Å²) in [6.45, 7) is 5.17. The third-order valence-corrected chi connectivity index (χ3v) is 2.28. The van der Waals surface area contributed by atoms with Gasteiger partial charge in [-0.05, 0) is 6.92 Å². The van der Waals surface area contributed by atoms with Crippen LogP contribution in [0.5, 0.6) is 0 Å². The molecule has 0 aromatic carbocycles. The number of rotatable bonds is 3. The van der Waals surface area contributed by atoms with E-state index < -0.39 is 0 Å². The first-order valence-electron chi connectivity index (χ1n) is 4.44. The molecule has 4 heteroatoms. The quantitative estimate of drug-likeness (QED) is 0.578. The summed E-state index contributed by atoms with van der Waals surface area (Å²) in [6.07, 6.45) is 0.146. The van der Waals surface area contributed by atoms with E-state index in [1.807, 2.05) is 0 Å². The molecule has 1 saturated heterocycles. The second-order valence-corrected chi connectivity index (χ2v) is 3.26. The fourth-order valence-corrected chi connectivity index (χ4v) is 1.46. The molecular weight excluding hydrogens is 156 g/mol. The fourth-order valence-electron chi connectivity index (χ4n) is 1.46. The van der Waals surface area contributed by atoms with Gasteiger partial charge in [-0.3, -0.25) is 4.90 Å². The van der Waals surface area contributed by atoms with Crippen molar-refractivity contribution in [2.24, 2.45) is 5.73 Å². The van der Waals surface area contributed by atoms with Gasteiger partial charge in [-0.15, -0.1) is 0 Å². The third kappa shape index (κ3) is 2.42. The van der Waals surface area contributed by atoms with Crippen molar-refractivity contribution in [2.45, 2.75) is 19.1 Å². The van der Waals surface area contributed by atoms with Crippen LogP contribution < -0.4 is 5.73 Å². The molecule has 12 heavy (non-hydrogen) atoms. The van der Waals surface area contributed by atoms with E-state index in [-0.39, 0.29) is 12.7 Å². The smallest absolute Gasteiger partial charge is 0.0824 e. The Morgan fingerprint density at radius 1 is 1.67 bits per heavy atom. The van der Waals surface area contributed by atoms with Gasteiger partial charge in [-0.1, -0.05) is 0 Å². The van der Waals surface area contributed by atoms with Crippen LogP contribution in [-0.4, -0.2) is 55.0 Å². The summed E-state index contributed by atoms with van der Waals surface area (Å²) in [4.78, 5) is 2.21. The molecule has 0 aliphatic carbocycles. The monoisotopic (exact) mass is 174 g/mol. The van der Waals surface area contributed by atoms with Crippen LogP contribution in [0.1, 0.15) is 6.92 Å². The van der Waals surface area contributed by atoms with Crippen molar-refractivity contribution in [2.75, 3.05) is 32.8 Å². The molecule has 72 valence electrons. The summed E-state index contributed by atoms with van der Waals surface area (Å²) in [6, 6.07) is 0.403. The van der Waals surface area contributed by atoms with E-state index in [0.29, 0.717) is 12.6 Å². The van der Waals surface area contributed by atoms with Crippen LogP contribution >= 0.6 is 0 Å². The summed E-state index contributed by atoms with van der Waals surface area (Å²) in [5, 5.41) is 8.78. The van der Waals surface area contributed by atoms with Gasteiger partial charge in [0.15, 0.2) is 0 Å². The average Bonchev–Trinajstić information content (AvgIpc) is 2.09. The second kappa shape index (κ2) is 4.77. The lowest BCUT2D eigenvalue weighted by Crippen LogP contribution is -2.51. The Bertz CT molecular complexity index is 132. The topological polar surface area (TPSA) is 58.7 Å². The Labute approximate surface area is 73.3 Å². The van der Waals surface area contributed by atoms with Crippen molar-refractivity contribution in [3.05, 3.63) is 0 Å². The van der Waals surface area contributed by atoms with Gasteiger partial charge in [0.05, 0.1) is 19.3 Å². The number of ether oxygens (including phenoxy) is 1. The molecule has 0 saturated carbocycles. The minimum absolute atomic E-state index is 0.146. The van der Waals surface area contributed by atoms with Gasteiger partial charge in [0.25, 0.3) is 0 Å². The van der Waals surface area contributed by atoms with Crippen LogP contribution in [0.2, 0.25) is 0 Å². The molecule has 0 aromatic heterocycles. The number of β-amino-alcohol motifs (C(OH)–C–C–N with tert-alkyl or cyclic N) is 1.